The highest BCUT2D eigenvalue weighted by atomic mass is 127. The fourth-order valence-electron chi connectivity index (χ4n) is 2.61. The number of nitrogens with two attached hydrogens (primary N) is 1. The van der Waals surface area contributed by atoms with E-state index >= 15 is 0 Å². The third kappa shape index (κ3) is 6.74. The van der Waals surface area contributed by atoms with E-state index in [1.807, 2.05) is 24.3 Å². The van der Waals surface area contributed by atoms with Crippen LogP contribution in [0.25, 0.3) is 0 Å². The Kier molecular flexibility index (Phi) is 9.87. The fourth-order valence-corrected chi connectivity index (χ4v) is 2.61. The van der Waals surface area contributed by atoms with Gasteiger partial charge in [0.05, 0.1) is 14.2 Å². The van der Waals surface area contributed by atoms with Crippen LogP contribution >= 0.6 is 24.0 Å². The number of nitrogens with zero attached hydrogens (tertiary/aromatic N) is 1. The average molecular weight is 469 g/mol. The van der Waals surface area contributed by atoms with Gasteiger partial charge in [0.15, 0.2) is 17.5 Å². The molecular weight excluding hydrogens is 441 g/mol. The molecule has 142 valence electrons. The Labute approximate surface area is 173 Å². The summed E-state index contributed by atoms with van der Waals surface area (Å²) in [5.41, 5.74) is 9.69. The molecular formula is C20H28IN3O2. The van der Waals surface area contributed by atoms with E-state index < -0.39 is 0 Å². The summed E-state index contributed by atoms with van der Waals surface area (Å²) in [6.07, 6.45) is 1.72. The topological polar surface area (TPSA) is 68.9 Å². The second-order valence-electron chi connectivity index (χ2n) is 5.81. The predicted octanol–water partition coefficient (Wildman–Crippen LogP) is 3.32. The molecule has 0 spiro atoms. The molecule has 0 aromatic heterocycles. The van der Waals surface area contributed by atoms with Crippen molar-refractivity contribution in [1.29, 1.82) is 0 Å². The standard InChI is InChI=1S/C20H27N3O2.HI/c1-15-6-4-5-7-17(15)11-13-23-20(21)22-12-10-16-8-9-18(24-2)19(14-16)25-3;/h4-9,14H,10-13H2,1-3H3,(H3,21,22,23);1H. The Balaban J connectivity index is 0.00000338. The van der Waals surface area contributed by atoms with Gasteiger partial charge in [-0.1, -0.05) is 30.3 Å². The van der Waals surface area contributed by atoms with Crippen LogP contribution in [0.5, 0.6) is 11.5 Å². The molecule has 0 radical (unpaired) electrons. The van der Waals surface area contributed by atoms with E-state index in [2.05, 4.69) is 35.4 Å². The van der Waals surface area contributed by atoms with Gasteiger partial charge in [-0.05, 0) is 48.6 Å². The van der Waals surface area contributed by atoms with Crippen LogP contribution in [0.15, 0.2) is 47.5 Å². The van der Waals surface area contributed by atoms with E-state index in [4.69, 9.17) is 15.2 Å². The summed E-state index contributed by atoms with van der Waals surface area (Å²) < 4.78 is 10.6. The molecule has 3 N–H and O–H groups in total. The molecule has 26 heavy (non-hydrogen) atoms. The molecule has 0 bridgehead atoms. The van der Waals surface area contributed by atoms with Crippen molar-refractivity contribution < 1.29 is 9.47 Å². The smallest absolute Gasteiger partial charge is 0.188 e. The number of aryl methyl sites for hydroxylation is 1. The van der Waals surface area contributed by atoms with Crippen molar-refractivity contribution in [2.24, 2.45) is 10.7 Å². The largest absolute Gasteiger partial charge is 0.493 e. The molecule has 2 aromatic carbocycles. The number of hydrogen-bond donors (Lipinski definition) is 2. The van der Waals surface area contributed by atoms with Crippen LogP contribution < -0.4 is 20.5 Å². The number of methoxy groups -OCH3 is 2. The molecule has 0 heterocycles. The van der Waals surface area contributed by atoms with E-state index in [0.29, 0.717) is 12.5 Å². The lowest BCUT2D eigenvalue weighted by Gasteiger charge is -2.10. The molecule has 0 saturated heterocycles. The van der Waals surface area contributed by atoms with Crippen molar-refractivity contribution in [2.45, 2.75) is 19.8 Å². The summed E-state index contributed by atoms with van der Waals surface area (Å²) >= 11 is 0. The summed E-state index contributed by atoms with van der Waals surface area (Å²) in [5, 5.41) is 3.15. The Morgan fingerprint density at radius 3 is 2.46 bits per heavy atom. The van der Waals surface area contributed by atoms with Crippen LogP contribution in [0.3, 0.4) is 0 Å². The molecule has 6 heteroatoms. The zero-order chi connectivity index (χ0) is 18.1. The quantitative estimate of drug-likeness (QED) is 0.354. The van der Waals surface area contributed by atoms with E-state index in [0.717, 1.165) is 36.4 Å². The van der Waals surface area contributed by atoms with Gasteiger partial charge in [-0.2, -0.15) is 0 Å². The number of rotatable bonds is 8. The molecule has 0 aliphatic carbocycles. The second kappa shape index (κ2) is 11.6. The van der Waals surface area contributed by atoms with Gasteiger partial charge in [-0.3, -0.25) is 4.99 Å². The Hall–Kier alpha value is -1.96. The molecule has 0 aliphatic heterocycles. The highest BCUT2D eigenvalue weighted by Crippen LogP contribution is 2.27. The van der Waals surface area contributed by atoms with Gasteiger partial charge in [0.2, 0.25) is 0 Å². The van der Waals surface area contributed by atoms with Gasteiger partial charge in [0, 0.05) is 13.1 Å². The van der Waals surface area contributed by atoms with Crippen molar-refractivity contribution in [3.05, 3.63) is 59.2 Å². The Bertz CT molecular complexity index is 720. The summed E-state index contributed by atoms with van der Waals surface area (Å²) in [7, 11) is 3.27. The Morgan fingerprint density at radius 2 is 1.77 bits per heavy atom. The lowest BCUT2D eigenvalue weighted by Crippen LogP contribution is -2.33. The molecule has 0 fully saturated rings. The SMILES string of the molecule is COc1ccc(CCNC(N)=NCCc2ccccc2C)cc1OC.I. The second-order valence-corrected chi connectivity index (χ2v) is 5.81. The number of nitrogens with one attached hydrogen (secondary N) is 1. The third-order valence-electron chi connectivity index (χ3n) is 4.09. The van der Waals surface area contributed by atoms with Gasteiger partial charge < -0.3 is 20.5 Å². The molecule has 0 saturated carbocycles. The van der Waals surface area contributed by atoms with Crippen LogP contribution in [-0.4, -0.2) is 33.3 Å². The molecule has 0 unspecified atom stereocenters. The summed E-state index contributed by atoms with van der Waals surface area (Å²) in [6, 6.07) is 14.3. The van der Waals surface area contributed by atoms with Crippen molar-refractivity contribution in [3.8, 4) is 11.5 Å². The van der Waals surface area contributed by atoms with Gasteiger partial charge in [0.25, 0.3) is 0 Å². The molecule has 0 aliphatic rings. The van der Waals surface area contributed by atoms with Crippen LogP contribution in [-0.2, 0) is 12.8 Å². The van der Waals surface area contributed by atoms with Crippen molar-refractivity contribution >= 4 is 29.9 Å². The lowest BCUT2D eigenvalue weighted by molar-refractivity contribution is 0.354. The minimum Gasteiger partial charge on any atom is -0.493 e. The first-order chi connectivity index (χ1) is 12.1. The van der Waals surface area contributed by atoms with E-state index in [1.165, 1.54) is 11.1 Å². The number of benzene rings is 2. The van der Waals surface area contributed by atoms with Gasteiger partial charge >= 0.3 is 0 Å². The minimum absolute atomic E-state index is 0. The summed E-state index contributed by atoms with van der Waals surface area (Å²) in [4.78, 5) is 4.39. The summed E-state index contributed by atoms with van der Waals surface area (Å²) in [6.45, 7) is 3.51. The first-order valence-corrected chi connectivity index (χ1v) is 8.43. The van der Waals surface area contributed by atoms with Crippen LogP contribution in [0.1, 0.15) is 16.7 Å². The van der Waals surface area contributed by atoms with Crippen molar-refractivity contribution in [1.82, 2.24) is 5.32 Å². The van der Waals surface area contributed by atoms with E-state index in [9.17, 15) is 0 Å². The van der Waals surface area contributed by atoms with E-state index in [1.54, 1.807) is 14.2 Å². The molecule has 0 atom stereocenters. The first kappa shape index (κ1) is 22.1. The number of halogens is 1. The van der Waals surface area contributed by atoms with Crippen LogP contribution in [0.4, 0.5) is 0 Å². The minimum atomic E-state index is 0. The first-order valence-electron chi connectivity index (χ1n) is 8.43. The molecule has 5 nitrogen and oxygen atoms in total. The zero-order valence-electron chi connectivity index (χ0n) is 15.6. The number of guanidine groups is 1. The van der Waals surface area contributed by atoms with Crippen molar-refractivity contribution in [3.63, 3.8) is 0 Å². The number of aliphatic imine (C=N–C) groups is 1. The fraction of sp³-hybridized carbons (Fsp3) is 0.350. The van der Waals surface area contributed by atoms with Crippen LogP contribution in [0, 0.1) is 6.92 Å². The maximum Gasteiger partial charge on any atom is 0.188 e. The maximum atomic E-state index is 5.94. The molecule has 2 rings (SSSR count). The lowest BCUT2D eigenvalue weighted by atomic mass is 10.1. The molecule has 0 amide bonds. The van der Waals surface area contributed by atoms with Crippen LogP contribution in [0.2, 0.25) is 0 Å². The third-order valence-corrected chi connectivity index (χ3v) is 4.09. The number of ether oxygens (including phenoxy) is 2. The summed E-state index contributed by atoms with van der Waals surface area (Å²) in [5.74, 6) is 1.95. The normalized spacial score (nSPS) is 10.8. The van der Waals surface area contributed by atoms with Gasteiger partial charge in [-0.15, -0.1) is 24.0 Å². The van der Waals surface area contributed by atoms with Gasteiger partial charge in [0.1, 0.15) is 0 Å². The predicted molar refractivity (Wildman–Crippen MR) is 118 cm³/mol. The molecule has 2 aromatic rings. The van der Waals surface area contributed by atoms with E-state index in [-0.39, 0.29) is 24.0 Å². The average Bonchev–Trinajstić information content (AvgIpc) is 2.63. The monoisotopic (exact) mass is 469 g/mol. The van der Waals surface area contributed by atoms with Crippen molar-refractivity contribution in [2.75, 3.05) is 27.3 Å². The van der Waals surface area contributed by atoms with Gasteiger partial charge in [-0.25, -0.2) is 0 Å². The maximum absolute atomic E-state index is 5.94. The highest BCUT2D eigenvalue weighted by molar-refractivity contribution is 14.0. The zero-order valence-corrected chi connectivity index (χ0v) is 17.9. The Morgan fingerprint density at radius 1 is 1.04 bits per heavy atom. The number of hydrogen-bond acceptors (Lipinski definition) is 3. The highest BCUT2D eigenvalue weighted by Gasteiger charge is 2.04.